The highest BCUT2D eigenvalue weighted by Gasteiger charge is 2.24. The van der Waals surface area contributed by atoms with Gasteiger partial charge in [0.2, 0.25) is 0 Å². The van der Waals surface area contributed by atoms with Crippen molar-refractivity contribution in [2.24, 2.45) is 5.92 Å². The molecule has 1 fully saturated rings. The molecule has 10 heteroatoms. The van der Waals surface area contributed by atoms with E-state index in [9.17, 15) is 19.5 Å². The summed E-state index contributed by atoms with van der Waals surface area (Å²) in [4.78, 5) is 34.9. The van der Waals surface area contributed by atoms with Crippen LogP contribution in [0.2, 0.25) is 0 Å². The minimum atomic E-state index is -1.21. The summed E-state index contributed by atoms with van der Waals surface area (Å²) < 4.78 is 10.9. The van der Waals surface area contributed by atoms with E-state index in [4.69, 9.17) is 14.6 Å². The number of carboxylic acids is 2. The van der Waals surface area contributed by atoms with Crippen molar-refractivity contribution in [1.29, 1.82) is 0 Å². The standard InChI is InChI=1S/C22H24BrNO7S/c23-17-18(30-12-16(25)26)20(21(27)28)32-19(17)15-8-4-7-14(9-15)10-24-22(29)31-11-13-5-2-1-3-6-13/h4,7-9,13H,1-3,5-6,10-12H2,(H,24,29)(H,25,26)(H,27,28). The summed E-state index contributed by atoms with van der Waals surface area (Å²) >= 11 is 4.32. The minimum Gasteiger partial charge on any atom is -0.479 e. The number of carbonyl (C=O) groups is 3. The molecule has 1 aromatic carbocycles. The van der Waals surface area contributed by atoms with Crippen molar-refractivity contribution in [3.8, 4) is 16.2 Å². The van der Waals surface area contributed by atoms with Crippen LogP contribution in [0.15, 0.2) is 28.7 Å². The lowest BCUT2D eigenvalue weighted by atomic mass is 9.90. The van der Waals surface area contributed by atoms with Crippen LogP contribution in [-0.4, -0.2) is 41.5 Å². The van der Waals surface area contributed by atoms with Gasteiger partial charge >= 0.3 is 18.0 Å². The van der Waals surface area contributed by atoms with Gasteiger partial charge < -0.3 is 25.0 Å². The Morgan fingerprint density at radius 1 is 1.16 bits per heavy atom. The van der Waals surface area contributed by atoms with Gasteiger partial charge in [0.25, 0.3) is 0 Å². The summed E-state index contributed by atoms with van der Waals surface area (Å²) in [6.45, 7) is 0.0432. The second-order valence-corrected chi connectivity index (χ2v) is 9.36. The number of nitrogens with one attached hydrogen (secondary N) is 1. The van der Waals surface area contributed by atoms with E-state index in [1.165, 1.54) is 19.3 Å². The van der Waals surface area contributed by atoms with Gasteiger partial charge in [-0.25, -0.2) is 14.4 Å². The average Bonchev–Trinajstić information content (AvgIpc) is 3.12. The summed E-state index contributed by atoms with van der Waals surface area (Å²) in [5.41, 5.74) is 1.52. The lowest BCUT2D eigenvalue weighted by Gasteiger charge is -2.21. The maximum atomic E-state index is 12.0. The second-order valence-electron chi connectivity index (χ2n) is 7.55. The fraction of sp³-hybridized carbons (Fsp3) is 0.409. The summed E-state index contributed by atoms with van der Waals surface area (Å²) in [7, 11) is 0. The molecule has 0 saturated heterocycles. The molecule has 1 amide bonds. The lowest BCUT2D eigenvalue weighted by Crippen LogP contribution is -2.26. The number of aromatic carboxylic acids is 1. The molecular weight excluding hydrogens is 502 g/mol. The number of carboxylic acid groups (broad SMARTS) is 2. The van der Waals surface area contributed by atoms with Crippen LogP contribution in [0.3, 0.4) is 0 Å². The van der Waals surface area contributed by atoms with Crippen molar-refractivity contribution in [3.05, 3.63) is 39.2 Å². The number of hydrogen-bond donors (Lipinski definition) is 3. The van der Waals surface area contributed by atoms with E-state index in [2.05, 4.69) is 21.2 Å². The quantitative estimate of drug-likeness (QED) is 0.413. The van der Waals surface area contributed by atoms with Gasteiger partial charge in [0.15, 0.2) is 17.2 Å². The zero-order chi connectivity index (χ0) is 23.1. The monoisotopic (exact) mass is 525 g/mol. The molecular formula is C22H24BrNO7S. The predicted octanol–water partition coefficient (Wildman–Crippen LogP) is 5.15. The number of carbonyl (C=O) groups excluding carboxylic acids is 1. The van der Waals surface area contributed by atoms with E-state index in [1.807, 2.05) is 12.1 Å². The molecule has 0 radical (unpaired) electrons. The molecule has 1 aromatic heterocycles. The average molecular weight is 526 g/mol. The van der Waals surface area contributed by atoms with Gasteiger partial charge in [0.05, 0.1) is 16.0 Å². The van der Waals surface area contributed by atoms with Crippen molar-refractivity contribution in [2.75, 3.05) is 13.2 Å². The summed E-state index contributed by atoms with van der Waals surface area (Å²) in [5.74, 6) is -1.99. The molecule has 172 valence electrons. The molecule has 0 bridgehead atoms. The first-order valence-electron chi connectivity index (χ1n) is 10.2. The normalized spacial score (nSPS) is 14.0. The van der Waals surface area contributed by atoms with Gasteiger partial charge in [-0.3, -0.25) is 0 Å². The van der Waals surface area contributed by atoms with E-state index in [0.29, 0.717) is 27.4 Å². The molecule has 1 heterocycles. The van der Waals surface area contributed by atoms with Gasteiger partial charge in [-0.15, -0.1) is 11.3 Å². The molecule has 8 nitrogen and oxygen atoms in total. The first kappa shape index (κ1) is 24.1. The third-order valence-electron chi connectivity index (χ3n) is 5.14. The molecule has 1 aliphatic rings. The second kappa shape index (κ2) is 11.3. The third-order valence-corrected chi connectivity index (χ3v) is 7.37. The highest BCUT2D eigenvalue weighted by Crippen LogP contribution is 2.45. The van der Waals surface area contributed by atoms with Crippen LogP contribution < -0.4 is 10.1 Å². The molecule has 1 saturated carbocycles. The Kier molecular flexibility index (Phi) is 8.52. The summed E-state index contributed by atoms with van der Waals surface area (Å²) in [5, 5.41) is 21.0. The molecule has 1 aliphatic carbocycles. The van der Waals surface area contributed by atoms with Gasteiger partial charge in [-0.2, -0.15) is 0 Å². The number of benzene rings is 1. The van der Waals surface area contributed by atoms with Gasteiger partial charge in [0.1, 0.15) is 0 Å². The summed E-state index contributed by atoms with van der Waals surface area (Å²) in [6, 6.07) is 7.26. The fourth-order valence-corrected chi connectivity index (χ4v) is 5.47. The lowest BCUT2D eigenvalue weighted by molar-refractivity contribution is -0.139. The van der Waals surface area contributed by atoms with E-state index < -0.39 is 24.6 Å². The minimum absolute atomic E-state index is 0.0188. The first-order chi connectivity index (χ1) is 15.3. The molecule has 3 N–H and O–H groups in total. The molecule has 32 heavy (non-hydrogen) atoms. The van der Waals surface area contributed by atoms with Crippen LogP contribution in [0, 0.1) is 5.92 Å². The predicted molar refractivity (Wildman–Crippen MR) is 122 cm³/mol. The van der Waals surface area contributed by atoms with E-state index in [1.54, 1.807) is 12.1 Å². The van der Waals surface area contributed by atoms with Crippen LogP contribution in [0.1, 0.15) is 47.3 Å². The summed E-state index contributed by atoms with van der Waals surface area (Å²) in [6.07, 6.45) is 5.36. The maximum absolute atomic E-state index is 12.0. The van der Waals surface area contributed by atoms with Crippen molar-refractivity contribution >= 4 is 45.3 Å². The number of rotatable bonds is 9. The van der Waals surface area contributed by atoms with Crippen LogP contribution >= 0.6 is 27.3 Å². The Hall–Kier alpha value is -2.59. The van der Waals surface area contributed by atoms with E-state index >= 15 is 0 Å². The Morgan fingerprint density at radius 3 is 2.59 bits per heavy atom. The molecule has 0 atom stereocenters. The van der Waals surface area contributed by atoms with Crippen molar-refractivity contribution < 1.29 is 34.1 Å². The zero-order valence-corrected chi connectivity index (χ0v) is 19.7. The Balaban J connectivity index is 1.66. The Bertz CT molecular complexity index is 985. The van der Waals surface area contributed by atoms with Crippen LogP contribution in [-0.2, 0) is 16.1 Å². The molecule has 0 aliphatic heterocycles. The SMILES string of the molecule is O=C(O)COc1c(C(=O)O)sc(-c2cccc(CNC(=O)OCC3CCCCC3)c2)c1Br. The highest BCUT2D eigenvalue weighted by atomic mass is 79.9. The number of ether oxygens (including phenoxy) is 2. The smallest absolute Gasteiger partial charge is 0.407 e. The van der Waals surface area contributed by atoms with E-state index in [0.717, 1.165) is 29.7 Å². The molecule has 0 unspecified atom stereocenters. The van der Waals surface area contributed by atoms with Crippen molar-refractivity contribution in [1.82, 2.24) is 5.32 Å². The van der Waals surface area contributed by atoms with Crippen molar-refractivity contribution in [3.63, 3.8) is 0 Å². The number of hydrogen-bond acceptors (Lipinski definition) is 6. The molecule has 2 aromatic rings. The number of amides is 1. The number of thiophene rings is 1. The molecule has 0 spiro atoms. The number of aliphatic carboxylic acids is 1. The Morgan fingerprint density at radius 2 is 1.91 bits per heavy atom. The topological polar surface area (TPSA) is 122 Å². The van der Waals surface area contributed by atoms with Crippen molar-refractivity contribution in [2.45, 2.75) is 38.6 Å². The maximum Gasteiger partial charge on any atom is 0.407 e. The van der Waals surface area contributed by atoms with E-state index in [-0.39, 0.29) is 17.2 Å². The van der Waals surface area contributed by atoms with Gasteiger partial charge in [-0.1, -0.05) is 37.5 Å². The highest BCUT2D eigenvalue weighted by molar-refractivity contribution is 9.10. The number of alkyl carbamates (subject to hydrolysis) is 1. The fourth-order valence-electron chi connectivity index (χ4n) is 3.58. The molecule has 3 rings (SSSR count). The van der Waals surface area contributed by atoms with Gasteiger partial charge in [-0.05, 0) is 51.9 Å². The van der Waals surface area contributed by atoms with Gasteiger partial charge in [0, 0.05) is 6.54 Å². The largest absolute Gasteiger partial charge is 0.479 e. The first-order valence-corrected chi connectivity index (χ1v) is 11.9. The zero-order valence-electron chi connectivity index (χ0n) is 17.3. The van der Waals surface area contributed by atoms with Crippen LogP contribution in [0.4, 0.5) is 4.79 Å². The van der Waals surface area contributed by atoms with Crippen LogP contribution in [0.5, 0.6) is 5.75 Å². The number of halogens is 1. The third kappa shape index (κ3) is 6.46. The Labute approximate surface area is 197 Å². The van der Waals surface area contributed by atoms with Crippen LogP contribution in [0.25, 0.3) is 10.4 Å².